The number of hydrogen-bond donors (Lipinski definition) is 2. The summed E-state index contributed by atoms with van der Waals surface area (Å²) in [5.74, 6) is 0. The van der Waals surface area contributed by atoms with Crippen LogP contribution in [0.4, 0.5) is 0 Å². The van der Waals surface area contributed by atoms with E-state index in [1.807, 2.05) is 0 Å². The molecule has 0 bridgehead atoms. The topological polar surface area (TPSA) is 41.1 Å². The fraction of sp³-hybridized carbons (Fsp3) is 0.889. The summed E-state index contributed by atoms with van der Waals surface area (Å²) in [5, 5.41) is 6.12. The maximum absolute atomic E-state index is 10.0. The van der Waals surface area contributed by atoms with Crippen molar-refractivity contribution in [2.45, 2.75) is 45.7 Å². The summed E-state index contributed by atoms with van der Waals surface area (Å²) in [5.41, 5.74) is 0. The van der Waals surface area contributed by atoms with E-state index >= 15 is 0 Å². The Morgan fingerprint density at radius 3 is 2.42 bits per heavy atom. The highest BCUT2D eigenvalue weighted by Gasteiger charge is 2.07. The van der Waals surface area contributed by atoms with Gasteiger partial charge >= 0.3 is 0 Å². The zero-order valence-electron chi connectivity index (χ0n) is 8.26. The molecule has 2 N–H and O–H groups in total. The van der Waals surface area contributed by atoms with Gasteiger partial charge in [-0.05, 0) is 19.8 Å². The van der Waals surface area contributed by atoms with Crippen molar-refractivity contribution in [3.05, 3.63) is 0 Å². The van der Waals surface area contributed by atoms with Gasteiger partial charge in [0.1, 0.15) is 0 Å². The molecule has 0 aliphatic carbocycles. The van der Waals surface area contributed by atoms with Crippen LogP contribution < -0.4 is 10.6 Å². The molecule has 12 heavy (non-hydrogen) atoms. The lowest BCUT2D eigenvalue weighted by Gasteiger charge is -2.20. The number of hydrogen-bond acceptors (Lipinski definition) is 2. The number of amides is 1. The highest BCUT2D eigenvalue weighted by atomic mass is 16.1. The van der Waals surface area contributed by atoms with Gasteiger partial charge < -0.3 is 10.6 Å². The standard InChI is InChI=1S/C9H20N2O/c1-4-8(3)11-9(5-2)6-10-7-12/h7-9,11H,4-6H2,1-3H3,(H,10,12). The van der Waals surface area contributed by atoms with Crippen LogP contribution in [0.25, 0.3) is 0 Å². The summed E-state index contributed by atoms with van der Waals surface area (Å²) >= 11 is 0. The van der Waals surface area contributed by atoms with E-state index in [1.54, 1.807) is 0 Å². The van der Waals surface area contributed by atoms with Gasteiger partial charge in [-0.1, -0.05) is 13.8 Å². The van der Waals surface area contributed by atoms with Crippen molar-refractivity contribution in [3.63, 3.8) is 0 Å². The molecule has 0 rings (SSSR count). The van der Waals surface area contributed by atoms with Crippen molar-refractivity contribution in [2.24, 2.45) is 0 Å². The lowest BCUT2D eigenvalue weighted by atomic mass is 10.1. The zero-order chi connectivity index (χ0) is 9.40. The Balaban J connectivity index is 3.58. The van der Waals surface area contributed by atoms with Gasteiger partial charge in [-0.2, -0.15) is 0 Å². The Morgan fingerprint density at radius 1 is 1.33 bits per heavy atom. The summed E-state index contributed by atoms with van der Waals surface area (Å²) in [4.78, 5) is 10.0. The Morgan fingerprint density at radius 2 is 2.00 bits per heavy atom. The SMILES string of the molecule is CCC(C)NC(CC)CNC=O. The van der Waals surface area contributed by atoms with Crippen LogP contribution in [0.2, 0.25) is 0 Å². The van der Waals surface area contributed by atoms with Crippen LogP contribution in [-0.4, -0.2) is 25.0 Å². The molecule has 0 fully saturated rings. The molecule has 0 aliphatic rings. The van der Waals surface area contributed by atoms with E-state index in [0.717, 1.165) is 25.8 Å². The molecule has 0 aromatic heterocycles. The second-order valence-corrected chi connectivity index (χ2v) is 3.11. The van der Waals surface area contributed by atoms with Gasteiger partial charge in [0.25, 0.3) is 0 Å². The third-order valence-corrected chi connectivity index (χ3v) is 2.07. The molecule has 2 atom stereocenters. The molecule has 3 nitrogen and oxygen atoms in total. The average Bonchev–Trinajstić information content (AvgIpc) is 2.11. The van der Waals surface area contributed by atoms with E-state index in [1.165, 1.54) is 0 Å². The van der Waals surface area contributed by atoms with Crippen LogP contribution in [0, 0.1) is 0 Å². The van der Waals surface area contributed by atoms with Crippen molar-refractivity contribution in [1.29, 1.82) is 0 Å². The minimum absolute atomic E-state index is 0.408. The highest BCUT2D eigenvalue weighted by Crippen LogP contribution is 1.94. The highest BCUT2D eigenvalue weighted by molar-refractivity contribution is 5.45. The fourth-order valence-electron chi connectivity index (χ4n) is 1.03. The predicted octanol–water partition coefficient (Wildman–Crippen LogP) is 0.899. The van der Waals surface area contributed by atoms with Gasteiger partial charge in [-0.3, -0.25) is 4.79 Å². The largest absolute Gasteiger partial charge is 0.357 e. The van der Waals surface area contributed by atoms with Crippen molar-refractivity contribution in [3.8, 4) is 0 Å². The van der Waals surface area contributed by atoms with Gasteiger partial charge in [0.05, 0.1) is 0 Å². The number of carbonyl (C=O) groups excluding carboxylic acids is 1. The second kappa shape index (κ2) is 7.10. The number of carbonyl (C=O) groups is 1. The van der Waals surface area contributed by atoms with Crippen LogP contribution in [0.1, 0.15) is 33.6 Å². The molecular weight excluding hydrogens is 152 g/mol. The molecule has 0 heterocycles. The molecular formula is C9H20N2O. The van der Waals surface area contributed by atoms with Gasteiger partial charge in [-0.25, -0.2) is 0 Å². The zero-order valence-corrected chi connectivity index (χ0v) is 8.26. The molecule has 0 spiro atoms. The molecule has 0 aromatic rings. The van der Waals surface area contributed by atoms with Crippen molar-refractivity contribution < 1.29 is 4.79 Å². The Hall–Kier alpha value is -0.570. The molecule has 1 amide bonds. The molecule has 2 unspecified atom stereocenters. The van der Waals surface area contributed by atoms with Crippen LogP contribution in [0.5, 0.6) is 0 Å². The lowest BCUT2D eigenvalue weighted by molar-refractivity contribution is -0.109. The van der Waals surface area contributed by atoms with Crippen molar-refractivity contribution in [1.82, 2.24) is 10.6 Å². The van der Waals surface area contributed by atoms with Crippen LogP contribution >= 0.6 is 0 Å². The maximum Gasteiger partial charge on any atom is 0.207 e. The fourth-order valence-corrected chi connectivity index (χ4v) is 1.03. The van der Waals surface area contributed by atoms with E-state index in [-0.39, 0.29) is 0 Å². The first-order chi connectivity index (χ1) is 5.74. The summed E-state index contributed by atoms with van der Waals surface area (Å²) in [6.45, 7) is 7.15. The third kappa shape index (κ3) is 5.13. The molecule has 0 radical (unpaired) electrons. The van der Waals surface area contributed by atoms with Crippen LogP contribution in [-0.2, 0) is 4.79 Å². The van der Waals surface area contributed by atoms with Gasteiger partial charge in [0.2, 0.25) is 6.41 Å². The third-order valence-electron chi connectivity index (χ3n) is 2.07. The van der Waals surface area contributed by atoms with E-state index < -0.39 is 0 Å². The minimum Gasteiger partial charge on any atom is -0.357 e. The average molecular weight is 172 g/mol. The Kier molecular flexibility index (Phi) is 6.76. The second-order valence-electron chi connectivity index (χ2n) is 3.11. The first kappa shape index (κ1) is 11.4. The lowest BCUT2D eigenvalue weighted by Crippen LogP contribution is -2.42. The normalized spacial score (nSPS) is 15.2. The summed E-state index contributed by atoms with van der Waals surface area (Å²) in [7, 11) is 0. The number of nitrogens with one attached hydrogen (secondary N) is 2. The van der Waals surface area contributed by atoms with E-state index in [0.29, 0.717) is 12.1 Å². The predicted molar refractivity (Wildman–Crippen MR) is 51.0 cm³/mol. The first-order valence-corrected chi connectivity index (χ1v) is 4.67. The van der Waals surface area contributed by atoms with E-state index in [2.05, 4.69) is 31.4 Å². The smallest absolute Gasteiger partial charge is 0.207 e. The maximum atomic E-state index is 10.0. The van der Waals surface area contributed by atoms with E-state index in [9.17, 15) is 4.79 Å². The summed E-state index contributed by atoms with van der Waals surface area (Å²) in [6.07, 6.45) is 2.92. The van der Waals surface area contributed by atoms with E-state index in [4.69, 9.17) is 0 Å². The Bertz CT molecular complexity index is 117. The van der Waals surface area contributed by atoms with Crippen LogP contribution in [0.3, 0.4) is 0 Å². The van der Waals surface area contributed by atoms with Gasteiger partial charge in [-0.15, -0.1) is 0 Å². The quantitative estimate of drug-likeness (QED) is 0.560. The van der Waals surface area contributed by atoms with Gasteiger partial charge in [0.15, 0.2) is 0 Å². The minimum atomic E-state index is 0.408. The molecule has 0 aliphatic heterocycles. The van der Waals surface area contributed by atoms with Crippen molar-refractivity contribution in [2.75, 3.05) is 6.54 Å². The monoisotopic (exact) mass is 172 g/mol. The Labute approximate surface area is 74.9 Å². The molecule has 0 saturated heterocycles. The van der Waals surface area contributed by atoms with Crippen molar-refractivity contribution >= 4 is 6.41 Å². The number of rotatable bonds is 7. The molecule has 72 valence electrons. The molecule has 0 saturated carbocycles. The molecule has 3 heteroatoms. The first-order valence-electron chi connectivity index (χ1n) is 4.67. The molecule has 0 aromatic carbocycles. The summed E-state index contributed by atoms with van der Waals surface area (Å²) < 4.78 is 0. The van der Waals surface area contributed by atoms with Gasteiger partial charge in [0, 0.05) is 18.6 Å². The summed E-state index contributed by atoms with van der Waals surface area (Å²) in [6, 6.07) is 0.938. The van der Waals surface area contributed by atoms with Crippen LogP contribution in [0.15, 0.2) is 0 Å².